The molecule has 0 amide bonds. The average molecular weight is 273 g/mol. The standard InChI is InChI=1S/C15H31NO3/c1-3-18-15(19-4-2)10-11-16(12-13-17)14-8-6-5-7-9-14/h14-15,17H,3-13H2,1-2H3. The third-order valence-electron chi connectivity index (χ3n) is 3.84. The molecule has 114 valence electrons. The van der Waals surface area contributed by atoms with Gasteiger partial charge >= 0.3 is 0 Å². The first-order valence-electron chi connectivity index (χ1n) is 7.89. The topological polar surface area (TPSA) is 41.9 Å². The maximum atomic E-state index is 9.24. The lowest BCUT2D eigenvalue weighted by Crippen LogP contribution is -2.40. The van der Waals surface area contributed by atoms with Gasteiger partial charge in [0.15, 0.2) is 6.29 Å². The molecule has 1 N–H and O–H groups in total. The third-order valence-corrected chi connectivity index (χ3v) is 3.84. The Balaban J connectivity index is 2.37. The lowest BCUT2D eigenvalue weighted by molar-refractivity contribution is -0.142. The smallest absolute Gasteiger partial charge is 0.158 e. The predicted molar refractivity (Wildman–Crippen MR) is 77.2 cm³/mol. The highest BCUT2D eigenvalue weighted by Gasteiger charge is 2.21. The van der Waals surface area contributed by atoms with E-state index in [4.69, 9.17) is 9.47 Å². The van der Waals surface area contributed by atoms with Crippen molar-refractivity contribution in [2.45, 2.75) is 64.7 Å². The Hall–Kier alpha value is -0.160. The minimum Gasteiger partial charge on any atom is -0.395 e. The summed E-state index contributed by atoms with van der Waals surface area (Å²) in [7, 11) is 0. The van der Waals surface area contributed by atoms with Crippen molar-refractivity contribution in [1.29, 1.82) is 0 Å². The van der Waals surface area contributed by atoms with Gasteiger partial charge in [-0.2, -0.15) is 0 Å². The van der Waals surface area contributed by atoms with E-state index in [1.165, 1.54) is 32.1 Å². The normalized spacial score (nSPS) is 17.5. The molecule has 0 aromatic rings. The van der Waals surface area contributed by atoms with Gasteiger partial charge in [-0.3, -0.25) is 4.90 Å². The van der Waals surface area contributed by atoms with Gasteiger partial charge in [0.1, 0.15) is 0 Å². The number of aliphatic hydroxyl groups excluding tert-OH is 1. The largest absolute Gasteiger partial charge is 0.395 e. The quantitative estimate of drug-likeness (QED) is 0.621. The molecule has 0 heterocycles. The van der Waals surface area contributed by atoms with Gasteiger partial charge < -0.3 is 14.6 Å². The highest BCUT2D eigenvalue weighted by molar-refractivity contribution is 4.76. The molecular formula is C15H31NO3. The third kappa shape index (κ3) is 6.70. The highest BCUT2D eigenvalue weighted by atomic mass is 16.7. The van der Waals surface area contributed by atoms with Gasteiger partial charge in [-0.25, -0.2) is 0 Å². The fourth-order valence-corrected chi connectivity index (χ4v) is 2.91. The van der Waals surface area contributed by atoms with Crippen molar-refractivity contribution in [3.05, 3.63) is 0 Å². The molecule has 0 unspecified atom stereocenters. The van der Waals surface area contributed by atoms with Gasteiger partial charge in [-0.15, -0.1) is 0 Å². The number of ether oxygens (including phenoxy) is 2. The molecule has 0 bridgehead atoms. The van der Waals surface area contributed by atoms with Gasteiger partial charge in [0.25, 0.3) is 0 Å². The van der Waals surface area contributed by atoms with E-state index in [1.807, 2.05) is 13.8 Å². The van der Waals surface area contributed by atoms with Crippen LogP contribution in [-0.4, -0.2) is 55.2 Å². The Morgan fingerprint density at radius 1 is 1.05 bits per heavy atom. The van der Waals surface area contributed by atoms with Crippen molar-refractivity contribution in [3.8, 4) is 0 Å². The van der Waals surface area contributed by atoms with Gasteiger partial charge in [-0.1, -0.05) is 19.3 Å². The molecule has 1 fully saturated rings. The van der Waals surface area contributed by atoms with Crippen molar-refractivity contribution in [1.82, 2.24) is 4.90 Å². The van der Waals surface area contributed by atoms with Crippen LogP contribution in [0.1, 0.15) is 52.4 Å². The molecule has 1 saturated carbocycles. The Kier molecular flexibility index (Phi) is 9.43. The fraction of sp³-hybridized carbons (Fsp3) is 1.00. The summed E-state index contributed by atoms with van der Waals surface area (Å²) in [6.07, 6.45) is 7.35. The SMILES string of the molecule is CCOC(CCN(CCO)C1CCCCC1)OCC. The second-order valence-electron chi connectivity index (χ2n) is 5.18. The van der Waals surface area contributed by atoms with Crippen molar-refractivity contribution in [3.63, 3.8) is 0 Å². The van der Waals surface area contributed by atoms with Crippen LogP contribution in [-0.2, 0) is 9.47 Å². The van der Waals surface area contributed by atoms with Crippen LogP contribution in [0.4, 0.5) is 0 Å². The molecule has 0 saturated heterocycles. The second kappa shape index (κ2) is 10.6. The van der Waals surface area contributed by atoms with Crippen molar-refractivity contribution >= 4 is 0 Å². The van der Waals surface area contributed by atoms with Gasteiger partial charge in [0.2, 0.25) is 0 Å². The van der Waals surface area contributed by atoms with Crippen molar-refractivity contribution in [2.75, 3.05) is 32.9 Å². The molecule has 0 aromatic carbocycles. The summed E-state index contributed by atoms with van der Waals surface area (Å²) in [4.78, 5) is 2.42. The van der Waals surface area contributed by atoms with Crippen LogP contribution in [0.25, 0.3) is 0 Å². The minimum atomic E-state index is -0.0974. The van der Waals surface area contributed by atoms with Gasteiger partial charge in [0, 0.05) is 38.8 Å². The first-order valence-corrected chi connectivity index (χ1v) is 7.89. The molecular weight excluding hydrogens is 242 g/mol. The summed E-state index contributed by atoms with van der Waals surface area (Å²) in [5.41, 5.74) is 0. The van der Waals surface area contributed by atoms with Crippen LogP contribution >= 0.6 is 0 Å². The molecule has 19 heavy (non-hydrogen) atoms. The monoisotopic (exact) mass is 273 g/mol. The number of hydrogen-bond donors (Lipinski definition) is 1. The van der Waals surface area contributed by atoms with E-state index in [-0.39, 0.29) is 12.9 Å². The summed E-state index contributed by atoms with van der Waals surface area (Å²) >= 11 is 0. The molecule has 4 heteroatoms. The zero-order valence-corrected chi connectivity index (χ0v) is 12.6. The number of hydrogen-bond acceptors (Lipinski definition) is 4. The van der Waals surface area contributed by atoms with Crippen LogP contribution < -0.4 is 0 Å². The van der Waals surface area contributed by atoms with Crippen LogP contribution in [0, 0.1) is 0 Å². The lowest BCUT2D eigenvalue weighted by Gasteiger charge is -2.34. The van der Waals surface area contributed by atoms with Crippen LogP contribution in [0.3, 0.4) is 0 Å². The summed E-state index contributed by atoms with van der Waals surface area (Å²) in [6.45, 7) is 7.34. The predicted octanol–water partition coefficient (Wildman–Crippen LogP) is 2.40. The lowest BCUT2D eigenvalue weighted by atomic mass is 9.94. The first-order chi connectivity index (χ1) is 9.31. The van der Waals surface area contributed by atoms with Crippen LogP contribution in [0.15, 0.2) is 0 Å². The maximum absolute atomic E-state index is 9.24. The Labute approximate surface area is 118 Å². The minimum absolute atomic E-state index is 0.0974. The van der Waals surface area contributed by atoms with Crippen molar-refractivity contribution in [2.24, 2.45) is 0 Å². The molecule has 0 aromatic heterocycles. The van der Waals surface area contributed by atoms with Gasteiger partial charge in [-0.05, 0) is 26.7 Å². The molecule has 0 aliphatic heterocycles. The number of rotatable bonds is 10. The van der Waals surface area contributed by atoms with E-state index in [0.717, 1.165) is 19.5 Å². The molecule has 1 rings (SSSR count). The summed E-state index contributed by atoms with van der Waals surface area (Å²) in [6, 6.07) is 0.643. The summed E-state index contributed by atoms with van der Waals surface area (Å²) in [5, 5.41) is 9.24. The van der Waals surface area contributed by atoms with E-state index < -0.39 is 0 Å². The van der Waals surface area contributed by atoms with E-state index in [2.05, 4.69) is 4.90 Å². The Morgan fingerprint density at radius 2 is 1.68 bits per heavy atom. The first kappa shape index (κ1) is 16.9. The van der Waals surface area contributed by atoms with Gasteiger partial charge in [0.05, 0.1) is 6.61 Å². The zero-order valence-electron chi connectivity index (χ0n) is 12.6. The highest BCUT2D eigenvalue weighted by Crippen LogP contribution is 2.22. The Morgan fingerprint density at radius 3 is 2.21 bits per heavy atom. The maximum Gasteiger partial charge on any atom is 0.158 e. The molecule has 1 aliphatic rings. The molecule has 0 spiro atoms. The number of nitrogens with zero attached hydrogens (tertiary/aromatic N) is 1. The van der Waals surface area contributed by atoms with Crippen LogP contribution in [0.2, 0.25) is 0 Å². The molecule has 4 nitrogen and oxygen atoms in total. The Bertz CT molecular complexity index is 202. The average Bonchev–Trinajstić information content (AvgIpc) is 2.44. The van der Waals surface area contributed by atoms with E-state index in [1.54, 1.807) is 0 Å². The zero-order chi connectivity index (χ0) is 13.9. The summed E-state index contributed by atoms with van der Waals surface area (Å²) < 4.78 is 11.2. The molecule has 0 radical (unpaired) electrons. The summed E-state index contributed by atoms with van der Waals surface area (Å²) in [5.74, 6) is 0. The van der Waals surface area contributed by atoms with Crippen LogP contribution in [0.5, 0.6) is 0 Å². The van der Waals surface area contributed by atoms with E-state index in [9.17, 15) is 5.11 Å². The molecule has 1 aliphatic carbocycles. The van der Waals surface area contributed by atoms with Crippen molar-refractivity contribution < 1.29 is 14.6 Å². The fourth-order valence-electron chi connectivity index (χ4n) is 2.91. The number of aliphatic hydroxyl groups is 1. The second-order valence-corrected chi connectivity index (χ2v) is 5.18. The molecule has 0 atom stereocenters. The van der Waals surface area contributed by atoms with E-state index in [0.29, 0.717) is 19.3 Å². The van der Waals surface area contributed by atoms with E-state index >= 15 is 0 Å².